The number of rotatable bonds is 7. The largest absolute Gasteiger partial charge is 0.457 e. The Bertz CT molecular complexity index is 1910. The first-order valence-electron chi connectivity index (χ1n) is 15.0. The lowest BCUT2D eigenvalue weighted by atomic mass is 10.0. The zero-order valence-corrected chi connectivity index (χ0v) is 25.4. The van der Waals surface area contributed by atoms with Gasteiger partial charge in [-0.1, -0.05) is 30.3 Å². The molecule has 2 aromatic heterocycles. The minimum absolute atomic E-state index is 0.177. The van der Waals surface area contributed by atoms with E-state index in [-0.39, 0.29) is 23.4 Å². The van der Waals surface area contributed by atoms with E-state index >= 15 is 0 Å². The predicted molar refractivity (Wildman–Crippen MR) is 172 cm³/mol. The fourth-order valence-corrected chi connectivity index (χ4v) is 6.93. The molecule has 2 aromatic carbocycles. The van der Waals surface area contributed by atoms with Gasteiger partial charge in [0.1, 0.15) is 32.8 Å². The fraction of sp³-hybridized carbons (Fsp3) is 0.265. The van der Waals surface area contributed by atoms with Gasteiger partial charge in [-0.15, -0.1) is 11.3 Å². The highest BCUT2D eigenvalue weighted by Crippen LogP contribution is 2.47. The monoisotopic (exact) mass is 618 g/mol. The van der Waals surface area contributed by atoms with Crippen LogP contribution in [0, 0.1) is 24.2 Å². The maximum atomic E-state index is 13.7. The Morgan fingerprint density at radius 2 is 1.93 bits per heavy atom. The van der Waals surface area contributed by atoms with Crippen LogP contribution in [0.25, 0.3) is 10.2 Å². The van der Waals surface area contributed by atoms with Crippen LogP contribution in [0.4, 0.5) is 21.9 Å². The van der Waals surface area contributed by atoms with Crippen molar-refractivity contribution < 1.29 is 19.1 Å². The van der Waals surface area contributed by atoms with E-state index in [1.165, 1.54) is 11.3 Å². The molecule has 2 aliphatic heterocycles. The Balaban J connectivity index is 1.15. The summed E-state index contributed by atoms with van der Waals surface area (Å²) in [6, 6.07) is 18.2. The van der Waals surface area contributed by atoms with Crippen LogP contribution >= 0.6 is 11.3 Å². The van der Waals surface area contributed by atoms with E-state index in [0.717, 1.165) is 18.4 Å². The number of carbonyl (C=O) groups excluding carboxylic acids is 3. The third-order valence-corrected chi connectivity index (χ3v) is 9.44. The number of nitrogens with zero attached hydrogens (tertiary/aromatic N) is 4. The number of carbonyl (C=O) groups is 3. The minimum Gasteiger partial charge on any atom is -0.457 e. The lowest BCUT2D eigenvalue weighted by Crippen LogP contribution is -2.50. The second-order valence-electron chi connectivity index (χ2n) is 11.5. The van der Waals surface area contributed by atoms with Crippen LogP contribution in [0.15, 0.2) is 72.4 Å². The van der Waals surface area contributed by atoms with Gasteiger partial charge >= 0.3 is 6.03 Å². The van der Waals surface area contributed by atoms with Gasteiger partial charge in [-0.2, -0.15) is 5.26 Å². The molecule has 45 heavy (non-hydrogen) atoms. The number of pyridine rings is 1. The molecule has 10 nitrogen and oxygen atoms in total. The van der Waals surface area contributed by atoms with Gasteiger partial charge < -0.3 is 20.3 Å². The summed E-state index contributed by atoms with van der Waals surface area (Å²) >= 11 is 1.22. The van der Waals surface area contributed by atoms with Crippen molar-refractivity contribution in [2.75, 3.05) is 23.3 Å². The van der Waals surface area contributed by atoms with Gasteiger partial charge in [0.05, 0.1) is 22.4 Å². The summed E-state index contributed by atoms with van der Waals surface area (Å²) in [5.41, 5.74) is 2.65. The number of aromatic nitrogens is 1. The van der Waals surface area contributed by atoms with Crippen LogP contribution in [-0.2, 0) is 4.79 Å². The van der Waals surface area contributed by atoms with E-state index in [9.17, 15) is 19.6 Å². The normalized spacial score (nSPS) is 17.9. The molecule has 1 saturated carbocycles. The Hall–Kier alpha value is -5.21. The molecule has 0 bridgehead atoms. The van der Waals surface area contributed by atoms with Crippen molar-refractivity contribution in [2.24, 2.45) is 5.92 Å². The topological polar surface area (TPSA) is 128 Å². The van der Waals surface area contributed by atoms with Crippen molar-refractivity contribution in [2.45, 2.75) is 38.6 Å². The van der Waals surface area contributed by atoms with Gasteiger partial charge in [0.2, 0.25) is 0 Å². The van der Waals surface area contributed by atoms with Gasteiger partial charge in [-0.25, -0.2) is 9.78 Å². The molecule has 2 N–H and O–H groups in total. The van der Waals surface area contributed by atoms with Crippen molar-refractivity contribution in [3.8, 4) is 17.6 Å². The first-order chi connectivity index (χ1) is 21.9. The van der Waals surface area contributed by atoms with Crippen molar-refractivity contribution in [1.29, 1.82) is 5.26 Å². The van der Waals surface area contributed by atoms with E-state index < -0.39 is 6.03 Å². The van der Waals surface area contributed by atoms with E-state index in [4.69, 9.17) is 4.74 Å². The molecule has 11 heteroatoms. The molecular formula is C34H30N6O4S. The molecule has 226 valence electrons. The molecule has 4 aromatic rings. The Labute approximate surface area is 263 Å². The molecule has 7 rings (SSSR count). The van der Waals surface area contributed by atoms with Crippen LogP contribution in [0.2, 0.25) is 0 Å². The summed E-state index contributed by atoms with van der Waals surface area (Å²) in [5.74, 6) is 1.01. The zero-order chi connectivity index (χ0) is 31.1. The van der Waals surface area contributed by atoms with Crippen molar-refractivity contribution in [3.05, 3.63) is 82.9 Å². The summed E-state index contributed by atoms with van der Waals surface area (Å²) in [7, 11) is 0. The Morgan fingerprint density at radius 1 is 1.11 bits per heavy atom. The summed E-state index contributed by atoms with van der Waals surface area (Å²) < 4.78 is 6.12. The molecule has 0 spiro atoms. The standard InChI is InChI=1S/C34H30N6O4S/c1-20-25(10-5-11-27(20)44-24-8-3-2-4-9-24)40-26-14-15-36-32-28(26)29(38-34(40)43)30(45-32)31(41)37-23-7-6-16-39(19-23)33(42)22(18-35)17-21-12-13-21/h2-5,8-11,14-15,17,21,23H,6-7,12-13,16,19H2,1H3,(H,37,41)(H,38,43)/b22-17+/t23-/m1/s1. The number of thiophene rings is 1. The number of anilines is 3. The maximum Gasteiger partial charge on any atom is 0.331 e. The number of piperidine rings is 1. The summed E-state index contributed by atoms with van der Waals surface area (Å²) in [6.07, 6.45) is 6.84. The van der Waals surface area contributed by atoms with Gasteiger partial charge in [-0.3, -0.25) is 14.5 Å². The SMILES string of the molecule is Cc1c(Oc2ccccc2)cccc1N1C(=O)Nc2c(C(=O)N[C@@H]3CCCN(C(=O)/C(C#N)=C/C4CC4)C3)sc3nccc1c23. The van der Waals surface area contributed by atoms with E-state index in [1.807, 2.05) is 55.5 Å². The van der Waals surface area contributed by atoms with Gasteiger partial charge in [-0.05, 0) is 68.9 Å². The number of hydrogen-bond donors (Lipinski definition) is 2. The number of benzene rings is 2. The molecule has 4 amide bonds. The van der Waals surface area contributed by atoms with Crippen LogP contribution in [0.3, 0.4) is 0 Å². The smallest absolute Gasteiger partial charge is 0.331 e. The minimum atomic E-state index is -0.400. The van der Waals surface area contributed by atoms with Gasteiger partial charge in [0.25, 0.3) is 11.8 Å². The second-order valence-corrected chi connectivity index (χ2v) is 12.5. The zero-order valence-electron chi connectivity index (χ0n) is 24.6. The highest BCUT2D eigenvalue weighted by molar-refractivity contribution is 7.21. The van der Waals surface area contributed by atoms with Gasteiger partial charge in [0.15, 0.2) is 0 Å². The molecule has 1 aliphatic carbocycles. The van der Waals surface area contributed by atoms with Crippen LogP contribution in [0.5, 0.6) is 11.5 Å². The van der Waals surface area contributed by atoms with Gasteiger partial charge in [0, 0.05) is 30.9 Å². The first-order valence-corrected chi connectivity index (χ1v) is 15.8. The quantitative estimate of drug-likeness (QED) is 0.176. The maximum absolute atomic E-state index is 13.7. The van der Waals surface area contributed by atoms with E-state index in [0.29, 0.717) is 75.5 Å². The Kier molecular flexibility index (Phi) is 7.43. The Morgan fingerprint density at radius 3 is 2.71 bits per heavy atom. The lowest BCUT2D eigenvalue weighted by Gasteiger charge is -2.33. The van der Waals surface area contributed by atoms with Crippen LogP contribution in [0.1, 0.15) is 40.9 Å². The second kappa shape index (κ2) is 11.7. The molecule has 2 fully saturated rings. The summed E-state index contributed by atoms with van der Waals surface area (Å²) in [4.78, 5) is 49.2. The molecule has 1 saturated heterocycles. The molecular weight excluding hydrogens is 588 g/mol. The molecule has 4 heterocycles. The fourth-order valence-electron chi connectivity index (χ4n) is 5.91. The highest BCUT2D eigenvalue weighted by Gasteiger charge is 2.35. The van der Waals surface area contributed by atoms with Crippen molar-refractivity contribution in [1.82, 2.24) is 15.2 Å². The number of nitrogens with one attached hydrogen (secondary N) is 2. The van der Waals surface area contributed by atoms with Crippen LogP contribution in [-0.4, -0.2) is 46.9 Å². The summed E-state index contributed by atoms with van der Waals surface area (Å²) in [6.45, 7) is 2.76. The number of para-hydroxylation sites is 1. The number of amides is 4. The molecule has 0 unspecified atom stereocenters. The number of allylic oxidation sites excluding steroid dienone is 1. The number of ether oxygens (including phenoxy) is 1. The first kappa shape index (κ1) is 28.6. The number of urea groups is 1. The molecule has 0 radical (unpaired) electrons. The molecule has 1 atom stereocenters. The predicted octanol–water partition coefficient (Wildman–Crippen LogP) is 6.66. The average molecular weight is 619 g/mol. The lowest BCUT2D eigenvalue weighted by molar-refractivity contribution is -0.128. The average Bonchev–Trinajstić information content (AvgIpc) is 3.80. The van der Waals surface area contributed by atoms with E-state index in [2.05, 4.69) is 21.7 Å². The number of nitriles is 1. The number of hydrogen-bond acceptors (Lipinski definition) is 7. The van der Waals surface area contributed by atoms with E-state index in [1.54, 1.807) is 28.1 Å². The van der Waals surface area contributed by atoms with Crippen molar-refractivity contribution in [3.63, 3.8) is 0 Å². The summed E-state index contributed by atoms with van der Waals surface area (Å²) in [5, 5.41) is 16.3. The van der Waals surface area contributed by atoms with Crippen molar-refractivity contribution >= 4 is 56.5 Å². The third-order valence-electron chi connectivity index (χ3n) is 8.34. The highest BCUT2D eigenvalue weighted by atomic mass is 32.1. The molecule has 3 aliphatic rings. The number of likely N-dealkylation sites (tertiary alicyclic amines) is 1. The van der Waals surface area contributed by atoms with Crippen LogP contribution < -0.4 is 20.3 Å². The third kappa shape index (κ3) is 5.49.